The number of carbonyl (C=O) groups is 3. The van der Waals surface area contributed by atoms with Crippen molar-refractivity contribution in [1.29, 1.82) is 0 Å². The molecular weight excluding hydrogens is 560 g/mol. The fourth-order valence-corrected chi connectivity index (χ4v) is 5.96. The fourth-order valence-electron chi connectivity index (χ4n) is 5.71. The van der Waals surface area contributed by atoms with E-state index in [-0.39, 0.29) is 47.2 Å². The zero-order valence-corrected chi connectivity index (χ0v) is 22.9. The summed E-state index contributed by atoms with van der Waals surface area (Å²) in [6.07, 6.45) is 1.48. The second kappa shape index (κ2) is 9.71. The van der Waals surface area contributed by atoms with Crippen LogP contribution in [0.1, 0.15) is 42.9 Å². The third-order valence-corrected chi connectivity index (χ3v) is 8.02. The number of hydrogen-bond donors (Lipinski definition) is 4. The van der Waals surface area contributed by atoms with Gasteiger partial charge in [-0.3, -0.25) is 9.59 Å². The maximum Gasteiger partial charge on any atom is 0.340 e. The molecule has 0 unspecified atom stereocenters. The molecule has 0 radical (unpaired) electrons. The summed E-state index contributed by atoms with van der Waals surface area (Å²) in [5, 5.41) is 15.6. The predicted molar refractivity (Wildman–Crippen MR) is 159 cm³/mol. The number of H-pyrrole nitrogens is 2. The third-order valence-electron chi connectivity index (χ3n) is 7.65. The summed E-state index contributed by atoms with van der Waals surface area (Å²) in [6, 6.07) is 17.6. The minimum Gasteiger partial charge on any atom is -0.506 e. The van der Waals surface area contributed by atoms with Crippen molar-refractivity contribution in [3.8, 4) is 5.75 Å². The van der Waals surface area contributed by atoms with Crippen LogP contribution in [0.25, 0.3) is 32.8 Å². The van der Waals surface area contributed by atoms with Crippen LogP contribution in [0.15, 0.2) is 71.3 Å². The summed E-state index contributed by atoms with van der Waals surface area (Å²) < 4.78 is 10.6. The fraction of sp³-hybridized carbons (Fsp3) is 0.129. The Kier molecular flexibility index (Phi) is 5.95. The number of ether oxygens (including phenoxy) is 1. The lowest BCUT2D eigenvalue weighted by Gasteiger charge is -2.17. The van der Waals surface area contributed by atoms with Crippen LogP contribution in [0, 0.1) is 0 Å². The molecule has 4 heterocycles. The predicted octanol–water partition coefficient (Wildman–Crippen LogP) is 6.12. The van der Waals surface area contributed by atoms with Gasteiger partial charge in [0.2, 0.25) is 0 Å². The number of phenols is 1. The van der Waals surface area contributed by atoms with E-state index >= 15 is 0 Å². The number of esters is 1. The topological polar surface area (TPSA) is 141 Å². The van der Waals surface area contributed by atoms with Gasteiger partial charge in [-0.2, -0.15) is 0 Å². The molecule has 0 spiro atoms. The minimum atomic E-state index is -0.564. The number of phenolic OH excluding ortho intramolecular Hbond substituents is 1. The summed E-state index contributed by atoms with van der Waals surface area (Å²) in [5.74, 6) is -1.28. The lowest BCUT2D eigenvalue weighted by molar-refractivity contribution is 0.0602. The number of benzene rings is 3. The van der Waals surface area contributed by atoms with E-state index in [0.717, 1.165) is 5.39 Å². The number of hydrogen-bond acceptors (Lipinski definition) is 6. The van der Waals surface area contributed by atoms with Crippen molar-refractivity contribution in [2.45, 2.75) is 5.92 Å². The number of aromatic amines is 2. The molecule has 0 fully saturated rings. The molecule has 7 rings (SSSR count). The van der Waals surface area contributed by atoms with E-state index in [2.05, 4.69) is 15.3 Å². The zero-order valence-electron chi connectivity index (χ0n) is 22.2. The molecule has 6 aromatic rings. The van der Waals surface area contributed by atoms with Crippen molar-refractivity contribution in [3.05, 3.63) is 89.4 Å². The molecule has 11 heteroatoms. The SMILES string of the molecule is COC(=O)c1c[nH]c2c(O)cc3c(c12)[C@H](CCl)CN3C(=O)c1cc2cc(NC(=O)c3cc4ccccc4o3)ccc2[nH]1. The Morgan fingerprint density at radius 3 is 2.74 bits per heavy atom. The number of alkyl halides is 1. The number of rotatable bonds is 5. The van der Waals surface area contributed by atoms with E-state index in [1.165, 1.54) is 19.4 Å². The Morgan fingerprint density at radius 1 is 1.12 bits per heavy atom. The Bertz CT molecular complexity index is 2040. The van der Waals surface area contributed by atoms with Gasteiger partial charge in [0.05, 0.1) is 23.9 Å². The van der Waals surface area contributed by atoms with Crippen LogP contribution >= 0.6 is 11.6 Å². The number of nitrogens with zero attached hydrogens (tertiary/aromatic N) is 1. The van der Waals surface area contributed by atoms with Gasteiger partial charge in [0.1, 0.15) is 17.0 Å². The summed E-state index contributed by atoms with van der Waals surface area (Å²) in [4.78, 5) is 46.8. The summed E-state index contributed by atoms with van der Waals surface area (Å²) in [6.45, 7) is 0.260. The highest BCUT2D eigenvalue weighted by Gasteiger charge is 2.37. The largest absolute Gasteiger partial charge is 0.506 e. The molecule has 3 aromatic carbocycles. The molecule has 210 valence electrons. The average Bonchev–Trinajstić information content (AvgIpc) is 3.78. The number of anilines is 2. The van der Waals surface area contributed by atoms with E-state index in [1.54, 1.807) is 41.3 Å². The summed E-state index contributed by atoms with van der Waals surface area (Å²) in [7, 11) is 1.28. The molecular formula is C31H23ClN4O6. The molecule has 1 atom stereocenters. The number of aromatic nitrogens is 2. The van der Waals surface area contributed by atoms with Gasteiger partial charge in [0.25, 0.3) is 11.8 Å². The smallest absolute Gasteiger partial charge is 0.340 e. The normalized spacial score (nSPS) is 14.5. The van der Waals surface area contributed by atoms with Crippen LogP contribution < -0.4 is 10.2 Å². The monoisotopic (exact) mass is 582 g/mol. The first-order valence-electron chi connectivity index (χ1n) is 13.1. The number of furan rings is 1. The van der Waals surface area contributed by atoms with Crippen molar-refractivity contribution >= 4 is 73.5 Å². The standard InChI is InChI=1S/C31H23ClN4O6/c1-41-31(40)19-13-33-28-23(37)11-22-26(27(19)28)17(12-32)14-36(22)30(39)21-9-16-8-18(6-7-20(16)35-21)34-29(38)25-10-15-4-2-3-5-24(15)42-25/h2-11,13,17,33,35,37H,12,14H2,1H3,(H,34,38)/t17-/m1/s1. The lowest BCUT2D eigenvalue weighted by atomic mass is 9.96. The molecule has 0 saturated carbocycles. The van der Waals surface area contributed by atoms with E-state index in [1.807, 2.05) is 18.2 Å². The average molecular weight is 583 g/mol. The van der Waals surface area contributed by atoms with Crippen molar-refractivity contribution in [2.24, 2.45) is 0 Å². The van der Waals surface area contributed by atoms with Crippen LogP contribution in [0.5, 0.6) is 5.75 Å². The second-order valence-corrected chi connectivity index (χ2v) is 10.4. The van der Waals surface area contributed by atoms with Gasteiger partial charge in [-0.1, -0.05) is 18.2 Å². The third kappa shape index (κ3) is 3.99. The molecule has 0 aliphatic carbocycles. The van der Waals surface area contributed by atoms with Crippen LogP contribution in [0.4, 0.5) is 11.4 Å². The highest BCUT2D eigenvalue weighted by molar-refractivity contribution is 6.20. The first-order valence-corrected chi connectivity index (χ1v) is 13.7. The molecule has 0 saturated heterocycles. The maximum atomic E-state index is 13.8. The Hall–Kier alpha value is -5.22. The van der Waals surface area contributed by atoms with Crippen molar-refractivity contribution in [1.82, 2.24) is 9.97 Å². The number of fused-ring (bicyclic) bond motifs is 5. The summed E-state index contributed by atoms with van der Waals surface area (Å²) in [5.41, 5.74) is 3.97. The molecule has 42 heavy (non-hydrogen) atoms. The van der Waals surface area contributed by atoms with Gasteiger partial charge in [0, 0.05) is 58.0 Å². The number of aromatic hydroxyl groups is 1. The van der Waals surface area contributed by atoms with Crippen molar-refractivity contribution in [3.63, 3.8) is 0 Å². The molecule has 1 aliphatic rings. The van der Waals surface area contributed by atoms with Crippen LogP contribution in [-0.2, 0) is 4.74 Å². The van der Waals surface area contributed by atoms with Crippen LogP contribution in [0.2, 0.25) is 0 Å². The van der Waals surface area contributed by atoms with E-state index in [4.69, 9.17) is 20.8 Å². The van der Waals surface area contributed by atoms with Gasteiger partial charge in [-0.15, -0.1) is 11.6 Å². The van der Waals surface area contributed by atoms with Gasteiger partial charge in [-0.25, -0.2) is 4.79 Å². The first kappa shape index (κ1) is 25.7. The number of nitrogens with one attached hydrogen (secondary N) is 3. The Labute approximate surface area is 242 Å². The number of para-hydroxylation sites is 1. The van der Waals surface area contributed by atoms with E-state index < -0.39 is 5.97 Å². The van der Waals surface area contributed by atoms with Crippen LogP contribution in [-0.4, -0.2) is 52.4 Å². The van der Waals surface area contributed by atoms with E-state index in [0.29, 0.717) is 50.0 Å². The molecule has 4 N–H and O–H groups in total. The number of amides is 2. The number of carbonyl (C=O) groups excluding carboxylic acids is 3. The molecule has 0 bridgehead atoms. The van der Waals surface area contributed by atoms with Gasteiger partial charge >= 0.3 is 5.97 Å². The highest BCUT2D eigenvalue weighted by atomic mass is 35.5. The maximum absolute atomic E-state index is 13.8. The molecule has 2 amide bonds. The number of methoxy groups -OCH3 is 1. The Balaban J connectivity index is 1.20. The number of halogens is 1. The minimum absolute atomic E-state index is 0.103. The van der Waals surface area contributed by atoms with E-state index in [9.17, 15) is 19.5 Å². The highest BCUT2D eigenvalue weighted by Crippen LogP contribution is 2.46. The van der Waals surface area contributed by atoms with Gasteiger partial charge < -0.3 is 34.4 Å². The van der Waals surface area contributed by atoms with Gasteiger partial charge in [0.15, 0.2) is 5.76 Å². The van der Waals surface area contributed by atoms with Crippen molar-refractivity contribution < 1.29 is 28.6 Å². The zero-order chi connectivity index (χ0) is 29.1. The lowest BCUT2D eigenvalue weighted by Crippen LogP contribution is -2.30. The molecule has 1 aliphatic heterocycles. The summed E-state index contributed by atoms with van der Waals surface area (Å²) >= 11 is 6.34. The first-order chi connectivity index (χ1) is 20.4. The Morgan fingerprint density at radius 2 is 1.95 bits per heavy atom. The van der Waals surface area contributed by atoms with Crippen molar-refractivity contribution in [2.75, 3.05) is 29.8 Å². The van der Waals surface area contributed by atoms with Crippen LogP contribution in [0.3, 0.4) is 0 Å². The second-order valence-electron chi connectivity index (χ2n) is 10.1. The molecule has 3 aromatic heterocycles. The quantitative estimate of drug-likeness (QED) is 0.142. The molecule has 10 nitrogen and oxygen atoms in total. The van der Waals surface area contributed by atoms with Gasteiger partial charge in [-0.05, 0) is 42.0 Å².